The molecule has 3 nitrogen and oxygen atoms in total. The Balaban J connectivity index is 1.63. The minimum atomic E-state index is 0.102. The normalized spacial score (nSPS) is 16.7. The Kier molecular flexibility index (Phi) is 4.75. The second-order valence-corrected chi connectivity index (χ2v) is 6.41. The van der Waals surface area contributed by atoms with Gasteiger partial charge in [0, 0.05) is 19.2 Å². The van der Waals surface area contributed by atoms with Crippen LogP contribution >= 0.6 is 0 Å². The van der Waals surface area contributed by atoms with Gasteiger partial charge >= 0.3 is 0 Å². The van der Waals surface area contributed by atoms with Gasteiger partial charge in [0.25, 0.3) is 0 Å². The van der Waals surface area contributed by atoms with Crippen LogP contribution in [0.3, 0.4) is 0 Å². The fourth-order valence-corrected chi connectivity index (χ4v) is 3.30. The fourth-order valence-electron chi connectivity index (χ4n) is 3.30. The maximum atomic E-state index is 12.7. The number of carbonyl (C=O) groups excluding carboxylic acids is 1. The van der Waals surface area contributed by atoms with Crippen molar-refractivity contribution >= 4 is 5.91 Å². The maximum absolute atomic E-state index is 12.7. The Hall–Kier alpha value is -2.16. The molecular formula is C20H24N2O. The van der Waals surface area contributed by atoms with Gasteiger partial charge in [-0.25, -0.2) is 0 Å². The van der Waals surface area contributed by atoms with Crippen molar-refractivity contribution in [1.82, 2.24) is 9.88 Å². The number of nitrogens with zero attached hydrogens (tertiary/aromatic N) is 2. The topological polar surface area (TPSA) is 33.2 Å². The molecule has 0 saturated heterocycles. The lowest BCUT2D eigenvalue weighted by molar-refractivity contribution is -0.135. The highest BCUT2D eigenvalue weighted by Gasteiger charge is 2.26. The molecule has 0 fully saturated rings. The molecule has 0 saturated carbocycles. The van der Waals surface area contributed by atoms with Crippen LogP contribution < -0.4 is 0 Å². The molecule has 3 heteroatoms. The van der Waals surface area contributed by atoms with Gasteiger partial charge in [-0.05, 0) is 48.4 Å². The third-order valence-electron chi connectivity index (χ3n) is 4.77. The quantitative estimate of drug-likeness (QED) is 0.867. The number of amides is 1. The van der Waals surface area contributed by atoms with E-state index in [1.165, 1.54) is 16.7 Å². The summed E-state index contributed by atoms with van der Waals surface area (Å²) in [6.45, 7) is 2.70. The number of benzene rings is 1. The molecule has 1 unspecified atom stereocenters. The third kappa shape index (κ3) is 3.61. The molecule has 1 aromatic carbocycles. The zero-order valence-corrected chi connectivity index (χ0v) is 14.0. The largest absolute Gasteiger partial charge is 0.340 e. The number of hydrogen-bond acceptors (Lipinski definition) is 2. The summed E-state index contributed by atoms with van der Waals surface area (Å²) in [5, 5.41) is 0. The van der Waals surface area contributed by atoms with Crippen LogP contribution in [-0.4, -0.2) is 22.8 Å². The molecular weight excluding hydrogens is 284 g/mol. The molecule has 1 amide bonds. The first-order valence-corrected chi connectivity index (χ1v) is 8.43. The summed E-state index contributed by atoms with van der Waals surface area (Å²) in [5.41, 5.74) is 4.91. The summed E-state index contributed by atoms with van der Waals surface area (Å²) in [6, 6.07) is 12.6. The molecule has 3 rings (SSSR count). The van der Waals surface area contributed by atoms with Crippen LogP contribution in [0.5, 0.6) is 0 Å². The van der Waals surface area contributed by atoms with Gasteiger partial charge in [0.1, 0.15) is 0 Å². The van der Waals surface area contributed by atoms with E-state index in [-0.39, 0.29) is 11.8 Å². The minimum absolute atomic E-state index is 0.102. The Bertz CT molecular complexity index is 678. The van der Waals surface area contributed by atoms with Gasteiger partial charge in [-0.1, -0.05) is 37.3 Å². The van der Waals surface area contributed by atoms with E-state index in [9.17, 15) is 4.79 Å². The lowest BCUT2D eigenvalue weighted by Crippen LogP contribution is -2.35. The van der Waals surface area contributed by atoms with Crippen LogP contribution in [0.4, 0.5) is 0 Å². The van der Waals surface area contributed by atoms with Crippen LogP contribution in [0.1, 0.15) is 35.7 Å². The number of hydrogen-bond donors (Lipinski definition) is 0. The Morgan fingerprint density at radius 3 is 2.70 bits per heavy atom. The number of rotatable bonds is 4. The van der Waals surface area contributed by atoms with E-state index >= 15 is 0 Å². The van der Waals surface area contributed by atoms with E-state index in [0.717, 1.165) is 31.4 Å². The summed E-state index contributed by atoms with van der Waals surface area (Å²) in [4.78, 5) is 19.0. The lowest BCUT2D eigenvalue weighted by Gasteiger charge is -2.27. The van der Waals surface area contributed by atoms with Crippen LogP contribution in [0.15, 0.2) is 42.6 Å². The van der Waals surface area contributed by atoms with Crippen molar-refractivity contribution in [3.63, 3.8) is 0 Å². The molecule has 1 aliphatic rings. The van der Waals surface area contributed by atoms with Crippen molar-refractivity contribution in [2.75, 3.05) is 7.05 Å². The number of pyridine rings is 1. The highest BCUT2D eigenvalue weighted by atomic mass is 16.2. The monoisotopic (exact) mass is 308 g/mol. The van der Waals surface area contributed by atoms with Crippen molar-refractivity contribution < 1.29 is 4.79 Å². The number of carbonyl (C=O) groups is 1. The van der Waals surface area contributed by atoms with E-state index in [4.69, 9.17) is 0 Å². The molecule has 0 radical (unpaired) electrons. The van der Waals surface area contributed by atoms with Gasteiger partial charge in [-0.3, -0.25) is 9.78 Å². The fraction of sp³-hybridized carbons (Fsp3) is 0.400. The number of aryl methyl sites for hydroxylation is 2. The van der Waals surface area contributed by atoms with Gasteiger partial charge in [-0.2, -0.15) is 0 Å². The van der Waals surface area contributed by atoms with E-state index in [2.05, 4.69) is 42.2 Å². The van der Waals surface area contributed by atoms with Crippen LogP contribution in [0.25, 0.3) is 0 Å². The van der Waals surface area contributed by atoms with Gasteiger partial charge in [0.05, 0.1) is 12.2 Å². The highest BCUT2D eigenvalue weighted by Crippen LogP contribution is 2.26. The predicted molar refractivity (Wildman–Crippen MR) is 92.0 cm³/mol. The molecule has 120 valence electrons. The first-order chi connectivity index (χ1) is 11.2. The van der Waals surface area contributed by atoms with Crippen molar-refractivity contribution in [3.05, 3.63) is 65.0 Å². The average Bonchev–Trinajstić information content (AvgIpc) is 2.61. The van der Waals surface area contributed by atoms with Crippen LogP contribution in [0, 0.1) is 5.92 Å². The highest BCUT2D eigenvalue weighted by molar-refractivity contribution is 5.79. The standard InChI is InChI=1S/C20H24N2O/c1-3-15-8-11-19(21-13-15)14-22(2)20(23)18-10-9-16-6-4-5-7-17(16)12-18/h4-8,11,13,18H,3,9-10,12,14H2,1-2H3. The first kappa shape index (κ1) is 15.7. The maximum Gasteiger partial charge on any atom is 0.226 e. The van der Waals surface area contributed by atoms with Gasteiger partial charge in [-0.15, -0.1) is 0 Å². The first-order valence-electron chi connectivity index (χ1n) is 8.43. The molecule has 1 aromatic heterocycles. The summed E-state index contributed by atoms with van der Waals surface area (Å²) in [6.07, 6.45) is 5.71. The lowest BCUT2D eigenvalue weighted by atomic mass is 9.83. The van der Waals surface area contributed by atoms with E-state index in [0.29, 0.717) is 6.54 Å². The van der Waals surface area contributed by atoms with Crippen molar-refractivity contribution in [2.45, 2.75) is 39.2 Å². The zero-order valence-electron chi connectivity index (χ0n) is 14.0. The molecule has 1 aliphatic carbocycles. The zero-order chi connectivity index (χ0) is 16.2. The molecule has 0 spiro atoms. The molecule has 1 atom stereocenters. The van der Waals surface area contributed by atoms with Crippen LogP contribution in [0.2, 0.25) is 0 Å². The summed E-state index contributed by atoms with van der Waals surface area (Å²) in [7, 11) is 1.89. The molecule has 23 heavy (non-hydrogen) atoms. The molecule has 0 aliphatic heterocycles. The van der Waals surface area contributed by atoms with Gasteiger partial charge < -0.3 is 4.90 Å². The number of aromatic nitrogens is 1. The Morgan fingerprint density at radius 1 is 1.22 bits per heavy atom. The number of fused-ring (bicyclic) bond motifs is 1. The average molecular weight is 308 g/mol. The van der Waals surface area contributed by atoms with Crippen molar-refractivity contribution in [2.24, 2.45) is 5.92 Å². The Labute approximate surface area is 138 Å². The third-order valence-corrected chi connectivity index (χ3v) is 4.77. The summed E-state index contributed by atoms with van der Waals surface area (Å²) in [5.74, 6) is 0.339. The van der Waals surface area contributed by atoms with E-state index in [1.807, 2.05) is 24.2 Å². The molecule has 0 N–H and O–H groups in total. The molecule has 2 aromatic rings. The van der Waals surface area contributed by atoms with Gasteiger partial charge in [0.2, 0.25) is 5.91 Å². The summed E-state index contributed by atoms with van der Waals surface area (Å²) < 4.78 is 0. The van der Waals surface area contributed by atoms with Gasteiger partial charge in [0.15, 0.2) is 0 Å². The Morgan fingerprint density at radius 2 is 2.00 bits per heavy atom. The second kappa shape index (κ2) is 6.95. The second-order valence-electron chi connectivity index (χ2n) is 6.41. The predicted octanol–water partition coefficient (Wildman–Crippen LogP) is 3.41. The van der Waals surface area contributed by atoms with Crippen molar-refractivity contribution in [1.29, 1.82) is 0 Å². The molecule has 0 bridgehead atoms. The van der Waals surface area contributed by atoms with E-state index in [1.54, 1.807) is 0 Å². The van der Waals surface area contributed by atoms with E-state index < -0.39 is 0 Å². The summed E-state index contributed by atoms with van der Waals surface area (Å²) >= 11 is 0. The minimum Gasteiger partial charge on any atom is -0.340 e. The van der Waals surface area contributed by atoms with Crippen LogP contribution in [-0.2, 0) is 30.6 Å². The van der Waals surface area contributed by atoms with Crippen molar-refractivity contribution in [3.8, 4) is 0 Å². The molecule has 1 heterocycles. The SMILES string of the molecule is CCc1ccc(CN(C)C(=O)C2CCc3ccccc3C2)nc1. The smallest absolute Gasteiger partial charge is 0.226 e.